The highest BCUT2D eigenvalue weighted by molar-refractivity contribution is 7.92. The highest BCUT2D eigenvalue weighted by atomic mass is 35.5. The molecule has 0 aliphatic rings. The smallest absolute Gasteiger partial charge is 0.264 e. The number of hydrogen-bond acceptors (Lipinski definition) is 5. The molecular weight excluding hydrogens is 609 g/mol. The molecule has 3 aromatic carbocycles. The number of ether oxygens (including phenoxy) is 1. The van der Waals surface area contributed by atoms with Crippen molar-refractivity contribution in [1.82, 2.24) is 10.2 Å². The van der Waals surface area contributed by atoms with Crippen molar-refractivity contribution in [1.29, 1.82) is 0 Å². The van der Waals surface area contributed by atoms with Gasteiger partial charge in [-0.05, 0) is 87.7 Å². The minimum atomic E-state index is -4.19. The first-order chi connectivity index (χ1) is 20.4. The molecule has 0 unspecified atom stereocenters. The fraction of sp³-hybridized carbons (Fsp3) is 0.375. The summed E-state index contributed by atoms with van der Waals surface area (Å²) in [4.78, 5) is 29.1. The van der Waals surface area contributed by atoms with Crippen LogP contribution in [0.2, 0.25) is 10.0 Å². The molecule has 3 rings (SSSR count). The van der Waals surface area contributed by atoms with Crippen LogP contribution in [0.15, 0.2) is 71.6 Å². The van der Waals surface area contributed by atoms with E-state index >= 15 is 0 Å². The predicted molar refractivity (Wildman–Crippen MR) is 172 cm³/mol. The number of halogens is 2. The summed E-state index contributed by atoms with van der Waals surface area (Å²) in [5.41, 5.74) is 1.74. The van der Waals surface area contributed by atoms with E-state index in [-0.39, 0.29) is 29.1 Å². The SMILES string of the molecule is CCOc1ccc(N(CC(=O)N(Cc2ccc(Cl)cc2Cl)[C@@H](CC)C(=O)N[C@@H](C)CC)S(=O)(=O)c2ccc(C)cc2)cc1. The molecule has 2 atom stereocenters. The second-order valence-corrected chi connectivity index (χ2v) is 13.0. The molecule has 0 fully saturated rings. The van der Waals surface area contributed by atoms with Gasteiger partial charge >= 0.3 is 0 Å². The molecule has 0 saturated carbocycles. The van der Waals surface area contributed by atoms with E-state index in [0.717, 1.165) is 9.87 Å². The Hall–Kier alpha value is -3.27. The Balaban J connectivity index is 2.08. The lowest BCUT2D eigenvalue weighted by atomic mass is 10.1. The maximum atomic E-state index is 14.2. The molecule has 11 heteroatoms. The number of nitrogens with one attached hydrogen (secondary N) is 1. The molecule has 3 aromatic rings. The van der Waals surface area contributed by atoms with E-state index in [1.807, 2.05) is 27.7 Å². The molecule has 1 N–H and O–H groups in total. The summed E-state index contributed by atoms with van der Waals surface area (Å²) in [6.07, 6.45) is 1.01. The fourth-order valence-corrected chi connectivity index (χ4v) is 6.32. The predicted octanol–water partition coefficient (Wildman–Crippen LogP) is 6.62. The highest BCUT2D eigenvalue weighted by Crippen LogP contribution is 2.28. The van der Waals surface area contributed by atoms with E-state index in [9.17, 15) is 18.0 Å². The second kappa shape index (κ2) is 15.5. The van der Waals surface area contributed by atoms with E-state index in [2.05, 4.69) is 5.32 Å². The average molecular weight is 649 g/mol. The number of benzene rings is 3. The molecule has 232 valence electrons. The molecule has 2 amide bonds. The summed E-state index contributed by atoms with van der Waals surface area (Å²) >= 11 is 12.6. The summed E-state index contributed by atoms with van der Waals surface area (Å²) in [6.45, 7) is 9.22. The van der Waals surface area contributed by atoms with Crippen LogP contribution >= 0.6 is 23.2 Å². The zero-order valence-electron chi connectivity index (χ0n) is 25.1. The Morgan fingerprint density at radius 2 is 1.58 bits per heavy atom. The van der Waals surface area contributed by atoms with Crippen molar-refractivity contribution in [3.05, 3.63) is 87.9 Å². The molecule has 0 bridgehead atoms. The zero-order chi connectivity index (χ0) is 31.7. The number of nitrogens with zero attached hydrogens (tertiary/aromatic N) is 2. The molecule has 0 aliphatic carbocycles. The van der Waals surface area contributed by atoms with Crippen molar-refractivity contribution in [2.75, 3.05) is 17.5 Å². The normalized spacial score (nSPS) is 12.7. The molecule has 8 nitrogen and oxygen atoms in total. The Morgan fingerprint density at radius 3 is 2.14 bits per heavy atom. The van der Waals surface area contributed by atoms with Crippen LogP contribution in [0.25, 0.3) is 0 Å². The number of sulfonamides is 1. The van der Waals surface area contributed by atoms with Crippen molar-refractivity contribution < 1.29 is 22.7 Å². The van der Waals surface area contributed by atoms with Gasteiger partial charge in [-0.25, -0.2) is 8.42 Å². The van der Waals surface area contributed by atoms with Gasteiger partial charge in [0.2, 0.25) is 11.8 Å². The third-order valence-corrected chi connectivity index (χ3v) is 9.44. The van der Waals surface area contributed by atoms with Crippen LogP contribution in [-0.4, -0.2) is 50.4 Å². The fourth-order valence-electron chi connectivity index (χ4n) is 4.44. The molecule has 0 radical (unpaired) electrons. The maximum absolute atomic E-state index is 14.2. The van der Waals surface area contributed by atoms with Gasteiger partial charge in [-0.3, -0.25) is 13.9 Å². The monoisotopic (exact) mass is 647 g/mol. The Bertz CT molecular complexity index is 1500. The molecule has 0 aromatic heterocycles. The van der Waals surface area contributed by atoms with Crippen molar-refractivity contribution in [2.45, 2.75) is 71.0 Å². The van der Waals surface area contributed by atoms with E-state index in [0.29, 0.717) is 40.8 Å². The van der Waals surface area contributed by atoms with Crippen LogP contribution < -0.4 is 14.4 Å². The van der Waals surface area contributed by atoms with Crippen LogP contribution in [-0.2, 0) is 26.2 Å². The largest absolute Gasteiger partial charge is 0.494 e. The van der Waals surface area contributed by atoms with Crippen LogP contribution in [0.3, 0.4) is 0 Å². The van der Waals surface area contributed by atoms with Crippen molar-refractivity contribution in [3.63, 3.8) is 0 Å². The van der Waals surface area contributed by atoms with E-state index in [1.165, 1.54) is 17.0 Å². The molecule has 0 heterocycles. The van der Waals surface area contributed by atoms with Crippen molar-refractivity contribution in [2.24, 2.45) is 0 Å². The minimum Gasteiger partial charge on any atom is -0.494 e. The van der Waals surface area contributed by atoms with E-state index < -0.39 is 28.5 Å². The molecular formula is C32H39Cl2N3O5S. The number of aryl methyl sites for hydroxylation is 1. The van der Waals surface area contributed by atoms with Crippen LogP contribution in [0.5, 0.6) is 5.75 Å². The first-order valence-corrected chi connectivity index (χ1v) is 16.5. The number of hydrogen-bond donors (Lipinski definition) is 1. The van der Waals surface area contributed by atoms with Gasteiger partial charge in [-0.15, -0.1) is 0 Å². The lowest BCUT2D eigenvalue weighted by Gasteiger charge is -2.34. The summed E-state index contributed by atoms with van der Waals surface area (Å²) in [6, 6.07) is 16.8. The molecule has 0 aliphatic heterocycles. The number of amides is 2. The van der Waals surface area contributed by atoms with Gasteiger partial charge in [0.15, 0.2) is 0 Å². The number of rotatable bonds is 14. The Labute approximate surface area is 265 Å². The van der Waals surface area contributed by atoms with Gasteiger partial charge in [0.05, 0.1) is 17.2 Å². The third-order valence-electron chi connectivity index (χ3n) is 7.07. The number of carbonyl (C=O) groups excluding carboxylic acids is 2. The van der Waals surface area contributed by atoms with Crippen LogP contribution in [0.1, 0.15) is 51.7 Å². The van der Waals surface area contributed by atoms with E-state index in [1.54, 1.807) is 61.5 Å². The molecule has 0 saturated heterocycles. The summed E-state index contributed by atoms with van der Waals surface area (Å²) in [5.74, 6) is -0.330. The van der Waals surface area contributed by atoms with Crippen molar-refractivity contribution in [3.8, 4) is 5.75 Å². The molecule has 0 spiro atoms. The van der Waals surface area contributed by atoms with E-state index in [4.69, 9.17) is 27.9 Å². The second-order valence-electron chi connectivity index (χ2n) is 10.3. The average Bonchev–Trinajstić information content (AvgIpc) is 2.97. The quantitative estimate of drug-likeness (QED) is 0.212. The lowest BCUT2D eigenvalue weighted by Crippen LogP contribution is -2.53. The van der Waals surface area contributed by atoms with Gasteiger partial charge in [-0.2, -0.15) is 0 Å². The first-order valence-electron chi connectivity index (χ1n) is 14.3. The lowest BCUT2D eigenvalue weighted by molar-refractivity contribution is -0.140. The van der Waals surface area contributed by atoms with Gasteiger partial charge in [0, 0.05) is 22.6 Å². The Morgan fingerprint density at radius 1 is 0.930 bits per heavy atom. The summed E-state index contributed by atoms with van der Waals surface area (Å²) in [7, 11) is -4.19. The number of carbonyl (C=O) groups is 2. The van der Waals surface area contributed by atoms with Crippen LogP contribution in [0, 0.1) is 6.92 Å². The van der Waals surface area contributed by atoms with Crippen LogP contribution in [0.4, 0.5) is 5.69 Å². The van der Waals surface area contributed by atoms with Gasteiger partial charge < -0.3 is 15.0 Å². The standard InChI is InChI=1S/C32H39Cl2N3O5S/c1-6-23(5)35-32(39)30(7-2)36(20-24-11-12-25(33)19-29(24)34)31(38)21-37(26-13-15-27(16-14-26)42-8-3)43(40,41)28-17-9-22(4)10-18-28/h9-19,23,30H,6-8,20-21H2,1-5H3,(H,35,39)/t23-,30-/m0/s1. The van der Waals surface area contributed by atoms with Gasteiger partial charge in [0.25, 0.3) is 10.0 Å². The van der Waals surface area contributed by atoms with Gasteiger partial charge in [0.1, 0.15) is 18.3 Å². The van der Waals surface area contributed by atoms with Crippen molar-refractivity contribution >= 4 is 50.7 Å². The zero-order valence-corrected chi connectivity index (χ0v) is 27.5. The third kappa shape index (κ3) is 8.87. The highest BCUT2D eigenvalue weighted by Gasteiger charge is 2.34. The summed E-state index contributed by atoms with van der Waals surface area (Å²) < 4.78 is 34.7. The Kier molecular flexibility index (Phi) is 12.3. The number of anilines is 1. The summed E-state index contributed by atoms with van der Waals surface area (Å²) in [5, 5.41) is 3.72. The topological polar surface area (TPSA) is 96.0 Å². The van der Waals surface area contributed by atoms with Gasteiger partial charge in [-0.1, -0.05) is 60.8 Å². The maximum Gasteiger partial charge on any atom is 0.264 e. The molecule has 43 heavy (non-hydrogen) atoms. The minimum absolute atomic E-state index is 0.0248. The first kappa shape index (κ1) is 34.2.